The van der Waals surface area contributed by atoms with Gasteiger partial charge in [-0.05, 0) is 26.7 Å². The number of hydrogen-bond acceptors (Lipinski definition) is 5. The Hall–Kier alpha value is -1.39. The van der Waals surface area contributed by atoms with Crippen LogP contribution in [-0.4, -0.2) is 19.1 Å². The van der Waals surface area contributed by atoms with Gasteiger partial charge in [0.15, 0.2) is 5.76 Å². The Morgan fingerprint density at radius 1 is 1.39 bits per heavy atom. The van der Waals surface area contributed by atoms with Gasteiger partial charge >= 0.3 is 0 Å². The van der Waals surface area contributed by atoms with E-state index in [4.69, 9.17) is 4.52 Å². The first-order chi connectivity index (χ1) is 8.40. The minimum Gasteiger partial charge on any atom is -0.360 e. The molecule has 0 aromatic carbocycles. The summed E-state index contributed by atoms with van der Waals surface area (Å²) in [4.78, 5) is 0.0454. The molecule has 0 amide bonds. The van der Waals surface area contributed by atoms with Crippen molar-refractivity contribution in [1.82, 2.24) is 9.88 Å². The topological polar surface area (TPSA) is 96.0 Å². The molecular weight excluding hydrogens is 254 g/mol. The maximum atomic E-state index is 12.3. The molecular formula is C11H15N3O3S. The molecule has 2 rings (SSSR count). The molecule has 1 saturated carbocycles. The molecule has 98 valence electrons. The predicted molar refractivity (Wildman–Crippen MR) is 63.1 cm³/mol. The first kappa shape index (κ1) is 13.1. The van der Waals surface area contributed by atoms with Gasteiger partial charge in [0.1, 0.15) is 16.1 Å². The zero-order valence-electron chi connectivity index (χ0n) is 10.4. The molecule has 1 aromatic heterocycles. The van der Waals surface area contributed by atoms with E-state index >= 15 is 0 Å². The Labute approximate surface area is 106 Å². The molecule has 0 spiro atoms. The summed E-state index contributed by atoms with van der Waals surface area (Å²) in [6.07, 6.45) is 2.81. The lowest BCUT2D eigenvalue weighted by molar-refractivity contribution is 0.390. The summed E-state index contributed by atoms with van der Waals surface area (Å²) in [7, 11) is -3.76. The number of nitriles is 1. The third-order valence-corrected chi connectivity index (χ3v) is 5.02. The fourth-order valence-corrected chi connectivity index (χ4v) is 4.09. The highest BCUT2D eigenvalue weighted by Gasteiger charge is 2.39. The molecule has 0 saturated heterocycles. The average Bonchev–Trinajstić information content (AvgIpc) is 2.86. The van der Waals surface area contributed by atoms with Crippen LogP contribution < -0.4 is 4.72 Å². The predicted octanol–water partition coefficient (Wildman–Crippen LogP) is 1.41. The summed E-state index contributed by atoms with van der Waals surface area (Å²) in [6.45, 7) is 3.11. The highest BCUT2D eigenvalue weighted by atomic mass is 32.2. The number of aryl methyl sites for hydroxylation is 2. The number of hydrogen-bond donors (Lipinski definition) is 1. The minimum absolute atomic E-state index is 0.0454. The lowest BCUT2D eigenvalue weighted by Crippen LogP contribution is -2.45. The molecule has 7 heteroatoms. The third kappa shape index (κ3) is 2.13. The number of sulfonamides is 1. The molecule has 1 N–H and O–H groups in total. The van der Waals surface area contributed by atoms with Crippen molar-refractivity contribution in [1.29, 1.82) is 5.26 Å². The summed E-state index contributed by atoms with van der Waals surface area (Å²) in [5.41, 5.74) is -0.666. The van der Waals surface area contributed by atoms with Crippen LogP contribution >= 0.6 is 0 Å². The van der Waals surface area contributed by atoms with Gasteiger partial charge in [-0.1, -0.05) is 18.0 Å². The van der Waals surface area contributed by atoms with Gasteiger partial charge in [0.05, 0.1) is 6.07 Å². The maximum absolute atomic E-state index is 12.3. The Kier molecular flexibility index (Phi) is 3.17. The van der Waals surface area contributed by atoms with Crippen LogP contribution in [0.5, 0.6) is 0 Å². The van der Waals surface area contributed by atoms with Gasteiger partial charge in [-0.25, -0.2) is 8.42 Å². The third-order valence-electron chi connectivity index (χ3n) is 3.24. The number of rotatable bonds is 3. The highest BCUT2D eigenvalue weighted by Crippen LogP contribution is 2.31. The summed E-state index contributed by atoms with van der Waals surface area (Å²) in [6, 6.07) is 2.09. The van der Waals surface area contributed by atoms with E-state index in [-0.39, 0.29) is 10.7 Å². The monoisotopic (exact) mass is 269 g/mol. The smallest absolute Gasteiger partial charge is 0.247 e. The Bertz CT molecular complexity index is 572. The molecule has 1 aromatic rings. The van der Waals surface area contributed by atoms with E-state index in [9.17, 15) is 13.7 Å². The van der Waals surface area contributed by atoms with Crippen molar-refractivity contribution in [3.63, 3.8) is 0 Å². The van der Waals surface area contributed by atoms with Gasteiger partial charge in [-0.3, -0.25) is 0 Å². The average molecular weight is 269 g/mol. The van der Waals surface area contributed by atoms with Gasteiger partial charge in [-0.15, -0.1) is 0 Å². The molecule has 6 nitrogen and oxygen atoms in total. The lowest BCUT2D eigenvalue weighted by atomic mass is 10.0. The molecule has 1 heterocycles. The van der Waals surface area contributed by atoms with Crippen LogP contribution in [-0.2, 0) is 10.0 Å². The maximum Gasteiger partial charge on any atom is 0.247 e. The first-order valence-corrected chi connectivity index (χ1v) is 7.27. The molecule has 1 aliphatic carbocycles. The standard InChI is InChI=1S/C11H15N3O3S/c1-8-10(9(2)17-13-8)18(15,16)14-11(7-12)5-3-4-6-11/h14H,3-6H2,1-2H3. The van der Waals surface area contributed by atoms with Crippen molar-refractivity contribution >= 4 is 10.0 Å². The molecule has 1 fully saturated rings. The van der Waals surface area contributed by atoms with Crippen molar-refractivity contribution in [2.24, 2.45) is 0 Å². The fourth-order valence-electron chi connectivity index (χ4n) is 2.38. The summed E-state index contributed by atoms with van der Waals surface area (Å²) >= 11 is 0. The van der Waals surface area contributed by atoms with Crippen molar-refractivity contribution in [3.8, 4) is 6.07 Å². The van der Waals surface area contributed by atoms with E-state index in [1.807, 2.05) is 0 Å². The molecule has 0 unspecified atom stereocenters. The van der Waals surface area contributed by atoms with Crippen LogP contribution in [0.3, 0.4) is 0 Å². The Morgan fingerprint density at radius 3 is 2.44 bits per heavy atom. The van der Waals surface area contributed by atoms with Crippen LogP contribution in [0, 0.1) is 25.2 Å². The first-order valence-electron chi connectivity index (χ1n) is 5.78. The molecule has 0 radical (unpaired) electrons. The highest BCUT2D eigenvalue weighted by molar-refractivity contribution is 7.89. The second-order valence-electron chi connectivity index (χ2n) is 4.66. The van der Waals surface area contributed by atoms with E-state index < -0.39 is 15.6 Å². The van der Waals surface area contributed by atoms with Gasteiger partial charge in [-0.2, -0.15) is 9.98 Å². The zero-order chi connectivity index (χ0) is 13.4. The SMILES string of the molecule is Cc1noc(C)c1S(=O)(=O)NC1(C#N)CCCC1. The second-order valence-corrected chi connectivity index (χ2v) is 6.28. The largest absolute Gasteiger partial charge is 0.360 e. The summed E-state index contributed by atoms with van der Waals surface area (Å²) in [5.74, 6) is 0.242. The zero-order valence-corrected chi connectivity index (χ0v) is 11.2. The van der Waals surface area contributed by atoms with E-state index in [2.05, 4.69) is 15.9 Å². The molecule has 0 aliphatic heterocycles. The fraction of sp³-hybridized carbons (Fsp3) is 0.636. The molecule has 0 bridgehead atoms. The molecule has 18 heavy (non-hydrogen) atoms. The number of nitrogens with one attached hydrogen (secondary N) is 1. The van der Waals surface area contributed by atoms with Gasteiger partial charge in [0, 0.05) is 0 Å². The number of nitrogens with zero attached hydrogens (tertiary/aromatic N) is 2. The Balaban J connectivity index is 2.37. The van der Waals surface area contributed by atoms with Crippen LogP contribution in [0.2, 0.25) is 0 Å². The molecule has 1 aliphatic rings. The van der Waals surface area contributed by atoms with Crippen molar-refractivity contribution in [2.45, 2.75) is 50.0 Å². The minimum atomic E-state index is -3.76. The summed E-state index contributed by atoms with van der Waals surface area (Å²) in [5, 5.41) is 12.8. The van der Waals surface area contributed by atoms with Crippen LogP contribution in [0.15, 0.2) is 9.42 Å². The van der Waals surface area contributed by atoms with Crippen LogP contribution in [0.25, 0.3) is 0 Å². The number of aromatic nitrogens is 1. The normalized spacial score (nSPS) is 18.7. The molecule has 0 atom stereocenters. The van der Waals surface area contributed by atoms with E-state index in [1.54, 1.807) is 13.8 Å². The van der Waals surface area contributed by atoms with Gasteiger partial charge in [0.2, 0.25) is 10.0 Å². The van der Waals surface area contributed by atoms with Crippen LogP contribution in [0.4, 0.5) is 0 Å². The quantitative estimate of drug-likeness (QED) is 0.894. The van der Waals surface area contributed by atoms with E-state index in [0.717, 1.165) is 12.8 Å². The summed E-state index contributed by atoms with van der Waals surface area (Å²) < 4.78 is 32.0. The van der Waals surface area contributed by atoms with E-state index in [1.165, 1.54) is 0 Å². The van der Waals surface area contributed by atoms with Crippen LogP contribution in [0.1, 0.15) is 37.1 Å². The lowest BCUT2D eigenvalue weighted by Gasteiger charge is -2.21. The van der Waals surface area contributed by atoms with Crippen molar-refractivity contribution in [2.75, 3.05) is 0 Å². The van der Waals surface area contributed by atoms with Crippen molar-refractivity contribution < 1.29 is 12.9 Å². The van der Waals surface area contributed by atoms with Gasteiger partial charge < -0.3 is 4.52 Å². The van der Waals surface area contributed by atoms with Crippen molar-refractivity contribution in [3.05, 3.63) is 11.5 Å². The van der Waals surface area contributed by atoms with Gasteiger partial charge in [0.25, 0.3) is 0 Å². The second kappa shape index (κ2) is 4.37. The van der Waals surface area contributed by atoms with E-state index in [0.29, 0.717) is 18.5 Å². The Morgan fingerprint density at radius 2 is 2.00 bits per heavy atom.